The number of halogens is 6. The molecule has 0 saturated carbocycles. The number of aliphatic carboxylic acids is 1. The van der Waals surface area contributed by atoms with Crippen molar-refractivity contribution in [2.75, 3.05) is 6.54 Å². The highest BCUT2D eigenvalue weighted by Gasteiger charge is 2.40. The molecular weight excluding hydrogens is 484 g/mol. The fourth-order valence-corrected chi connectivity index (χ4v) is 5.37. The summed E-state index contributed by atoms with van der Waals surface area (Å²) in [6, 6.07) is 4.70. The Bertz CT molecular complexity index is 948. The molecule has 1 aliphatic heterocycles. The Labute approximate surface area is 207 Å². The van der Waals surface area contributed by atoms with E-state index in [4.69, 9.17) is 0 Å². The Morgan fingerprint density at radius 1 is 1.06 bits per heavy atom. The van der Waals surface area contributed by atoms with Crippen LogP contribution in [0, 0.1) is 17.8 Å². The molecule has 1 aromatic rings. The van der Waals surface area contributed by atoms with Crippen molar-refractivity contribution in [2.24, 2.45) is 17.8 Å². The van der Waals surface area contributed by atoms with Crippen LogP contribution in [0.1, 0.15) is 69.5 Å². The minimum Gasteiger partial charge on any atom is -0.481 e. The predicted octanol–water partition coefficient (Wildman–Crippen LogP) is 7.80. The van der Waals surface area contributed by atoms with Crippen LogP contribution >= 0.6 is 0 Å². The molecule has 0 spiro atoms. The Balaban J connectivity index is 1.93. The molecule has 200 valence electrons. The van der Waals surface area contributed by atoms with Crippen molar-refractivity contribution in [3.63, 3.8) is 0 Å². The zero-order chi connectivity index (χ0) is 26.7. The summed E-state index contributed by atoms with van der Waals surface area (Å²) in [5.74, 6) is -0.909. The van der Waals surface area contributed by atoms with Crippen molar-refractivity contribution in [3.05, 3.63) is 59.2 Å². The molecule has 9 heteroatoms. The molecule has 0 aromatic heterocycles. The number of nitrogens with zero attached hydrogens (tertiary/aromatic N) is 1. The Morgan fingerprint density at radius 3 is 2.22 bits per heavy atom. The van der Waals surface area contributed by atoms with Crippen LogP contribution in [0.2, 0.25) is 0 Å². The third-order valence-electron chi connectivity index (χ3n) is 7.25. The van der Waals surface area contributed by atoms with Gasteiger partial charge in [-0.05, 0) is 74.1 Å². The Morgan fingerprint density at radius 2 is 1.72 bits per heavy atom. The van der Waals surface area contributed by atoms with Gasteiger partial charge in [0.05, 0.1) is 11.1 Å². The zero-order valence-corrected chi connectivity index (χ0v) is 20.4. The molecule has 0 bridgehead atoms. The molecule has 1 N–H and O–H groups in total. The van der Waals surface area contributed by atoms with E-state index in [0.717, 1.165) is 30.2 Å². The number of carboxylic acids is 1. The molecular formula is C27H33F6NO2. The summed E-state index contributed by atoms with van der Waals surface area (Å²) in [7, 11) is 0. The lowest BCUT2D eigenvalue weighted by Gasteiger charge is -2.47. The average Bonchev–Trinajstić information content (AvgIpc) is 2.78. The second-order valence-electron chi connectivity index (χ2n) is 10.3. The summed E-state index contributed by atoms with van der Waals surface area (Å²) < 4.78 is 78.9. The van der Waals surface area contributed by atoms with Crippen LogP contribution in [0.3, 0.4) is 0 Å². The van der Waals surface area contributed by atoms with E-state index in [1.165, 1.54) is 18.2 Å². The van der Waals surface area contributed by atoms with Crippen molar-refractivity contribution in [3.8, 4) is 0 Å². The lowest BCUT2D eigenvalue weighted by Crippen LogP contribution is -2.48. The van der Waals surface area contributed by atoms with Crippen molar-refractivity contribution in [1.82, 2.24) is 4.90 Å². The van der Waals surface area contributed by atoms with Crippen molar-refractivity contribution < 1.29 is 36.2 Å². The van der Waals surface area contributed by atoms with E-state index in [2.05, 4.69) is 18.7 Å². The van der Waals surface area contributed by atoms with Crippen LogP contribution in [0.15, 0.2) is 48.1 Å². The highest BCUT2D eigenvalue weighted by Crippen LogP contribution is 2.42. The maximum absolute atomic E-state index is 13.2. The van der Waals surface area contributed by atoms with Gasteiger partial charge in [0.1, 0.15) is 0 Å². The largest absolute Gasteiger partial charge is 0.481 e. The van der Waals surface area contributed by atoms with Crippen LogP contribution in [-0.2, 0) is 11.0 Å². The van der Waals surface area contributed by atoms with Gasteiger partial charge in [0, 0.05) is 18.5 Å². The van der Waals surface area contributed by atoms with Crippen molar-refractivity contribution in [2.45, 2.75) is 76.8 Å². The van der Waals surface area contributed by atoms with Crippen LogP contribution < -0.4 is 0 Å². The number of rotatable bonds is 8. The summed E-state index contributed by atoms with van der Waals surface area (Å²) in [5.41, 5.74) is -0.690. The molecule has 4 atom stereocenters. The number of likely N-dealkylation sites (tertiary alicyclic amines) is 1. The zero-order valence-electron chi connectivity index (χ0n) is 20.4. The van der Waals surface area contributed by atoms with E-state index in [9.17, 15) is 36.2 Å². The lowest BCUT2D eigenvalue weighted by molar-refractivity contribution is -0.139. The first-order chi connectivity index (χ1) is 16.8. The maximum Gasteiger partial charge on any atom is 0.416 e. The minimum atomic E-state index is -4.45. The molecule has 1 aromatic carbocycles. The third kappa shape index (κ3) is 7.37. The molecule has 1 heterocycles. The number of piperidine rings is 1. The first-order valence-electron chi connectivity index (χ1n) is 12.4. The quantitative estimate of drug-likeness (QED) is 0.358. The van der Waals surface area contributed by atoms with E-state index in [-0.39, 0.29) is 36.8 Å². The smallest absolute Gasteiger partial charge is 0.416 e. The molecule has 3 rings (SSSR count). The fourth-order valence-electron chi connectivity index (χ4n) is 5.37. The standard InChI is InChI=1S/C27H33F6NO2/c1-17(2)3-12-23(19-4-8-21(9-5-19)26(28,29)30)34-14-13-18(16-25(35)36)15-24(34)20-6-10-22(11-7-20)27(31,32)33/h4-6,8-11,17-18,20,23-24H,3,7,12-16H2,1-2H3,(H,35,36)/t18-,20?,23+,24+/m0/s1. The van der Waals surface area contributed by atoms with Crippen molar-refractivity contribution >= 4 is 5.97 Å². The number of carbonyl (C=O) groups is 1. The second-order valence-corrected chi connectivity index (χ2v) is 10.3. The van der Waals surface area contributed by atoms with Gasteiger partial charge in [-0.25, -0.2) is 0 Å². The Kier molecular flexibility index (Phi) is 8.96. The van der Waals surface area contributed by atoms with Gasteiger partial charge in [0.15, 0.2) is 0 Å². The van der Waals surface area contributed by atoms with Crippen LogP contribution in [-0.4, -0.2) is 34.7 Å². The van der Waals surface area contributed by atoms with Crippen LogP contribution in [0.5, 0.6) is 0 Å². The van der Waals surface area contributed by atoms with Gasteiger partial charge >= 0.3 is 18.3 Å². The van der Waals surface area contributed by atoms with E-state index >= 15 is 0 Å². The normalized spacial score (nSPS) is 24.6. The van der Waals surface area contributed by atoms with E-state index in [1.54, 1.807) is 6.08 Å². The summed E-state index contributed by atoms with van der Waals surface area (Å²) in [4.78, 5) is 13.6. The molecule has 36 heavy (non-hydrogen) atoms. The minimum absolute atomic E-state index is 0.0125. The highest BCUT2D eigenvalue weighted by molar-refractivity contribution is 5.67. The summed E-state index contributed by atoms with van der Waals surface area (Å²) in [6.07, 6.45) is -2.24. The molecule has 1 aliphatic carbocycles. The van der Waals surface area contributed by atoms with Gasteiger partial charge in [-0.2, -0.15) is 26.3 Å². The maximum atomic E-state index is 13.2. The third-order valence-corrected chi connectivity index (χ3v) is 7.25. The average molecular weight is 518 g/mol. The van der Waals surface area contributed by atoms with E-state index in [1.807, 2.05) is 0 Å². The van der Waals surface area contributed by atoms with Gasteiger partial charge in [0.25, 0.3) is 0 Å². The number of benzene rings is 1. The monoisotopic (exact) mass is 517 g/mol. The number of alkyl halides is 6. The molecule has 1 saturated heterocycles. The number of hydrogen-bond acceptors (Lipinski definition) is 2. The molecule has 0 radical (unpaired) electrons. The van der Waals surface area contributed by atoms with Gasteiger partial charge in [-0.3, -0.25) is 9.69 Å². The van der Waals surface area contributed by atoms with E-state index in [0.29, 0.717) is 31.7 Å². The summed E-state index contributed by atoms with van der Waals surface area (Å²) in [5, 5.41) is 9.32. The number of hydrogen-bond donors (Lipinski definition) is 1. The Hall–Kier alpha value is -2.29. The fraction of sp³-hybridized carbons (Fsp3) is 0.593. The van der Waals surface area contributed by atoms with Crippen molar-refractivity contribution in [1.29, 1.82) is 0 Å². The molecule has 2 aliphatic rings. The van der Waals surface area contributed by atoms with Crippen LogP contribution in [0.25, 0.3) is 0 Å². The van der Waals surface area contributed by atoms with Gasteiger partial charge < -0.3 is 5.11 Å². The summed E-state index contributed by atoms with van der Waals surface area (Å²) >= 11 is 0. The first-order valence-corrected chi connectivity index (χ1v) is 12.4. The van der Waals surface area contributed by atoms with E-state index < -0.39 is 29.5 Å². The molecule has 0 amide bonds. The predicted molar refractivity (Wildman–Crippen MR) is 125 cm³/mol. The van der Waals surface area contributed by atoms with Gasteiger partial charge in [0.2, 0.25) is 0 Å². The molecule has 1 unspecified atom stereocenters. The summed E-state index contributed by atoms with van der Waals surface area (Å²) in [6.45, 7) is 4.66. The topological polar surface area (TPSA) is 40.5 Å². The molecule has 1 fully saturated rings. The molecule has 3 nitrogen and oxygen atoms in total. The number of carboxylic acid groups (broad SMARTS) is 1. The number of allylic oxidation sites excluding steroid dienone is 3. The SMILES string of the molecule is CC(C)CC[C@H](c1ccc(C(F)(F)F)cc1)N1CC[C@H](CC(=O)O)C[C@@H]1C1C=CC(C(F)(F)F)=CC1. The van der Waals surface area contributed by atoms with Gasteiger partial charge in [-0.1, -0.05) is 44.2 Å². The van der Waals surface area contributed by atoms with Crippen LogP contribution in [0.4, 0.5) is 26.3 Å². The highest BCUT2D eigenvalue weighted by atomic mass is 19.4. The second kappa shape index (κ2) is 11.4. The first kappa shape index (κ1) is 28.3. The lowest BCUT2D eigenvalue weighted by atomic mass is 9.77. The van der Waals surface area contributed by atoms with Gasteiger partial charge in [-0.15, -0.1) is 0 Å².